The van der Waals surface area contributed by atoms with Crippen molar-refractivity contribution >= 4 is 34.1 Å². The van der Waals surface area contributed by atoms with Gasteiger partial charge in [-0.25, -0.2) is 4.98 Å². The number of carbonyl (C=O) groups excluding carboxylic acids is 1. The van der Waals surface area contributed by atoms with E-state index >= 15 is 0 Å². The summed E-state index contributed by atoms with van der Waals surface area (Å²) < 4.78 is 10.9. The van der Waals surface area contributed by atoms with Crippen molar-refractivity contribution < 1.29 is 14.3 Å². The van der Waals surface area contributed by atoms with E-state index < -0.39 is 0 Å². The molecule has 3 aromatic carbocycles. The first-order chi connectivity index (χ1) is 14.6. The molecule has 4 aromatic rings. The van der Waals surface area contributed by atoms with Crippen molar-refractivity contribution in [3.8, 4) is 22.8 Å². The highest BCUT2D eigenvalue weighted by atomic mass is 35.5. The third-order valence-electron chi connectivity index (χ3n) is 5.06. The van der Waals surface area contributed by atoms with Crippen LogP contribution in [0.15, 0.2) is 66.7 Å². The lowest BCUT2D eigenvalue weighted by molar-refractivity contribution is 0.102. The molecule has 0 bridgehead atoms. The van der Waals surface area contributed by atoms with Gasteiger partial charge in [0.15, 0.2) is 11.5 Å². The van der Waals surface area contributed by atoms with Crippen molar-refractivity contribution in [2.45, 2.75) is 6.92 Å². The molecule has 1 aliphatic heterocycles. The number of hydrogen-bond acceptors (Lipinski definition) is 4. The Morgan fingerprint density at radius 3 is 2.70 bits per heavy atom. The van der Waals surface area contributed by atoms with Gasteiger partial charge in [-0.3, -0.25) is 4.79 Å². The molecule has 1 N–H and O–H groups in total. The number of nitrogens with zero attached hydrogens (tertiary/aromatic N) is 1. The summed E-state index contributed by atoms with van der Waals surface area (Å²) in [6, 6.07) is 20.5. The summed E-state index contributed by atoms with van der Waals surface area (Å²) in [5, 5.41) is 4.32. The van der Waals surface area contributed by atoms with Crippen LogP contribution in [0.3, 0.4) is 0 Å². The van der Waals surface area contributed by atoms with Crippen LogP contribution in [0.5, 0.6) is 11.5 Å². The first-order valence-corrected chi connectivity index (χ1v) is 9.83. The van der Waals surface area contributed by atoms with Gasteiger partial charge in [-0.1, -0.05) is 35.9 Å². The summed E-state index contributed by atoms with van der Waals surface area (Å²) in [5.41, 5.74) is 4.39. The lowest BCUT2D eigenvalue weighted by Gasteiger charge is -2.11. The number of carbonyl (C=O) groups is 1. The molecule has 6 heteroatoms. The Hall–Kier alpha value is -3.57. The number of aromatic nitrogens is 1. The Morgan fingerprint density at radius 2 is 1.83 bits per heavy atom. The molecule has 1 amide bonds. The third-order valence-corrected chi connectivity index (χ3v) is 5.47. The van der Waals surface area contributed by atoms with E-state index in [4.69, 9.17) is 26.1 Å². The van der Waals surface area contributed by atoms with E-state index in [1.807, 2.05) is 61.5 Å². The number of rotatable bonds is 3. The van der Waals surface area contributed by atoms with Crippen molar-refractivity contribution in [2.75, 3.05) is 12.1 Å². The van der Waals surface area contributed by atoms with Crippen LogP contribution in [0.4, 0.5) is 5.69 Å². The molecule has 0 aliphatic carbocycles. The second-order valence-electron chi connectivity index (χ2n) is 7.06. The van der Waals surface area contributed by atoms with Crippen LogP contribution in [0.25, 0.3) is 22.2 Å². The molecule has 0 fully saturated rings. The Kier molecular flexibility index (Phi) is 4.52. The molecule has 0 atom stereocenters. The summed E-state index contributed by atoms with van der Waals surface area (Å²) in [6.45, 7) is 2.12. The maximum atomic E-state index is 13.2. The van der Waals surface area contributed by atoms with Gasteiger partial charge in [0, 0.05) is 21.7 Å². The zero-order chi connectivity index (χ0) is 20.7. The molecule has 1 aromatic heterocycles. The summed E-state index contributed by atoms with van der Waals surface area (Å²) in [4.78, 5) is 17.9. The second-order valence-corrected chi connectivity index (χ2v) is 7.47. The number of halogens is 1. The Labute approximate surface area is 178 Å². The number of aryl methyl sites for hydroxylation is 1. The summed E-state index contributed by atoms with van der Waals surface area (Å²) in [6.07, 6.45) is 0. The standard InChI is InChI=1S/C24H17ClN2O3/c1-14-6-8-16(11-19(14)25)26-24(28)18-12-21(27-20-5-3-2-4-17(18)20)15-7-9-22-23(10-15)30-13-29-22/h2-12H,13H2,1H3,(H,26,28). The zero-order valence-electron chi connectivity index (χ0n) is 16.1. The number of ether oxygens (including phenoxy) is 2. The third kappa shape index (κ3) is 3.33. The lowest BCUT2D eigenvalue weighted by atomic mass is 10.0. The number of nitrogens with one attached hydrogen (secondary N) is 1. The van der Waals surface area contributed by atoms with E-state index in [0.717, 1.165) is 22.0 Å². The largest absolute Gasteiger partial charge is 0.454 e. The SMILES string of the molecule is Cc1ccc(NC(=O)c2cc(-c3ccc4c(c3)OCO4)nc3ccccc23)cc1Cl. The topological polar surface area (TPSA) is 60.5 Å². The van der Waals surface area contributed by atoms with Crippen molar-refractivity contribution in [3.05, 3.63) is 82.9 Å². The van der Waals surface area contributed by atoms with Gasteiger partial charge in [0.2, 0.25) is 6.79 Å². The van der Waals surface area contributed by atoms with Crippen LogP contribution in [0.2, 0.25) is 5.02 Å². The average molecular weight is 417 g/mol. The van der Waals surface area contributed by atoms with Crippen molar-refractivity contribution in [3.63, 3.8) is 0 Å². The fraction of sp³-hybridized carbons (Fsp3) is 0.0833. The smallest absolute Gasteiger partial charge is 0.256 e. The zero-order valence-corrected chi connectivity index (χ0v) is 16.9. The molecule has 5 nitrogen and oxygen atoms in total. The fourth-order valence-corrected chi connectivity index (χ4v) is 3.62. The van der Waals surface area contributed by atoms with Gasteiger partial charge in [-0.2, -0.15) is 0 Å². The molecule has 0 saturated carbocycles. The van der Waals surface area contributed by atoms with Gasteiger partial charge in [0.1, 0.15) is 0 Å². The predicted molar refractivity (Wildman–Crippen MR) is 117 cm³/mol. The van der Waals surface area contributed by atoms with Crippen LogP contribution < -0.4 is 14.8 Å². The van der Waals surface area contributed by atoms with E-state index in [0.29, 0.717) is 33.5 Å². The highest BCUT2D eigenvalue weighted by Gasteiger charge is 2.18. The normalized spacial score (nSPS) is 12.2. The maximum absolute atomic E-state index is 13.2. The number of fused-ring (bicyclic) bond motifs is 2. The van der Waals surface area contributed by atoms with Crippen molar-refractivity contribution in [2.24, 2.45) is 0 Å². The molecule has 0 radical (unpaired) electrons. The molecule has 1 aliphatic rings. The van der Waals surface area contributed by atoms with Crippen molar-refractivity contribution in [1.82, 2.24) is 4.98 Å². The first-order valence-electron chi connectivity index (χ1n) is 9.46. The monoisotopic (exact) mass is 416 g/mol. The van der Waals surface area contributed by atoms with Gasteiger partial charge >= 0.3 is 0 Å². The van der Waals surface area contributed by atoms with Crippen LogP contribution in [-0.4, -0.2) is 17.7 Å². The molecular formula is C24H17ClN2O3. The van der Waals surface area contributed by atoms with Gasteiger partial charge in [-0.05, 0) is 55.0 Å². The number of anilines is 1. The number of para-hydroxylation sites is 1. The van der Waals surface area contributed by atoms with E-state index in [1.54, 1.807) is 12.1 Å². The Bertz CT molecular complexity index is 1300. The van der Waals surface area contributed by atoms with Gasteiger partial charge < -0.3 is 14.8 Å². The molecule has 30 heavy (non-hydrogen) atoms. The molecule has 148 valence electrons. The van der Waals surface area contributed by atoms with Crippen LogP contribution in [0, 0.1) is 6.92 Å². The van der Waals surface area contributed by atoms with Crippen LogP contribution in [0.1, 0.15) is 15.9 Å². The average Bonchev–Trinajstić information content (AvgIpc) is 3.23. The Morgan fingerprint density at radius 1 is 1.00 bits per heavy atom. The first kappa shape index (κ1) is 18.5. The maximum Gasteiger partial charge on any atom is 0.256 e. The summed E-state index contributed by atoms with van der Waals surface area (Å²) >= 11 is 6.21. The molecule has 2 heterocycles. The summed E-state index contributed by atoms with van der Waals surface area (Å²) in [7, 11) is 0. The number of pyridine rings is 1. The second kappa shape index (κ2) is 7.35. The highest BCUT2D eigenvalue weighted by Crippen LogP contribution is 2.36. The van der Waals surface area contributed by atoms with Gasteiger partial charge in [-0.15, -0.1) is 0 Å². The lowest BCUT2D eigenvalue weighted by Crippen LogP contribution is -2.13. The van der Waals surface area contributed by atoms with Crippen LogP contribution >= 0.6 is 11.6 Å². The number of hydrogen-bond donors (Lipinski definition) is 1. The minimum absolute atomic E-state index is 0.205. The minimum atomic E-state index is -0.226. The quantitative estimate of drug-likeness (QED) is 0.455. The molecule has 0 saturated heterocycles. The fourth-order valence-electron chi connectivity index (χ4n) is 3.44. The summed E-state index contributed by atoms with van der Waals surface area (Å²) in [5.74, 6) is 1.15. The highest BCUT2D eigenvalue weighted by molar-refractivity contribution is 6.31. The van der Waals surface area contributed by atoms with Crippen LogP contribution in [-0.2, 0) is 0 Å². The van der Waals surface area contributed by atoms with Gasteiger partial charge in [0.25, 0.3) is 5.91 Å². The molecule has 5 rings (SSSR count). The molecule has 0 spiro atoms. The minimum Gasteiger partial charge on any atom is -0.454 e. The predicted octanol–water partition coefficient (Wildman–Crippen LogP) is 5.84. The van der Waals surface area contributed by atoms with Gasteiger partial charge in [0.05, 0.1) is 16.8 Å². The molecular weight excluding hydrogens is 400 g/mol. The van der Waals surface area contributed by atoms with E-state index in [9.17, 15) is 4.79 Å². The Balaban J connectivity index is 1.58. The van der Waals surface area contributed by atoms with E-state index in [1.165, 1.54) is 0 Å². The van der Waals surface area contributed by atoms with Crippen molar-refractivity contribution in [1.29, 1.82) is 0 Å². The van der Waals surface area contributed by atoms with E-state index in [2.05, 4.69) is 5.32 Å². The molecule has 0 unspecified atom stereocenters. The number of amides is 1. The number of benzene rings is 3. The van der Waals surface area contributed by atoms with E-state index in [-0.39, 0.29) is 12.7 Å².